The van der Waals surface area contributed by atoms with E-state index in [1.807, 2.05) is 23.5 Å². The number of hydrogen-bond acceptors (Lipinski definition) is 4. The first-order valence-corrected chi connectivity index (χ1v) is 6.23. The van der Waals surface area contributed by atoms with Gasteiger partial charge in [0.15, 0.2) is 0 Å². The molecule has 1 rings (SSSR count). The van der Waals surface area contributed by atoms with Crippen LogP contribution in [-0.4, -0.2) is 28.5 Å². The molecule has 0 aromatic heterocycles. The lowest BCUT2D eigenvalue weighted by atomic mass is 10.1. The van der Waals surface area contributed by atoms with Crippen molar-refractivity contribution in [1.82, 2.24) is 0 Å². The molecule has 1 heterocycles. The molecular formula is C8H16N2S2. The Morgan fingerprint density at radius 3 is 2.92 bits per heavy atom. The Balaban J connectivity index is 2.16. The maximum absolute atomic E-state index is 5.91. The fourth-order valence-electron chi connectivity index (χ4n) is 0.763. The summed E-state index contributed by atoms with van der Waals surface area (Å²) in [5, 5.41) is 0. The predicted octanol–water partition coefficient (Wildman–Crippen LogP) is 1.81. The van der Waals surface area contributed by atoms with Crippen LogP contribution in [0, 0.1) is 5.92 Å². The van der Waals surface area contributed by atoms with Gasteiger partial charge >= 0.3 is 0 Å². The molecule has 1 aliphatic rings. The molecule has 2 nitrogen and oxygen atoms in total. The zero-order valence-corrected chi connectivity index (χ0v) is 9.25. The van der Waals surface area contributed by atoms with Crippen molar-refractivity contribution in [2.45, 2.75) is 19.9 Å². The van der Waals surface area contributed by atoms with E-state index in [4.69, 9.17) is 5.73 Å². The van der Waals surface area contributed by atoms with Crippen LogP contribution in [0.2, 0.25) is 0 Å². The lowest BCUT2D eigenvalue weighted by Crippen LogP contribution is -2.29. The minimum Gasteiger partial charge on any atom is -0.327 e. The Kier molecular flexibility index (Phi) is 4.46. The summed E-state index contributed by atoms with van der Waals surface area (Å²) in [6, 6.07) is 0.305. The highest BCUT2D eigenvalue weighted by Gasteiger charge is 2.12. The van der Waals surface area contributed by atoms with E-state index in [9.17, 15) is 0 Å². The molecule has 0 amide bonds. The third-order valence-electron chi connectivity index (χ3n) is 1.81. The van der Waals surface area contributed by atoms with Crippen molar-refractivity contribution >= 4 is 27.9 Å². The van der Waals surface area contributed by atoms with Crippen molar-refractivity contribution < 1.29 is 0 Å². The maximum atomic E-state index is 5.91. The fourth-order valence-corrected chi connectivity index (χ4v) is 2.99. The zero-order valence-electron chi connectivity index (χ0n) is 7.62. The van der Waals surface area contributed by atoms with Crippen LogP contribution in [-0.2, 0) is 0 Å². The van der Waals surface area contributed by atoms with Gasteiger partial charge in [-0.05, 0) is 5.92 Å². The maximum Gasteiger partial charge on any atom is 0.124 e. The normalized spacial score (nSPS) is 19.8. The van der Waals surface area contributed by atoms with E-state index in [0.717, 1.165) is 18.1 Å². The molecule has 0 aromatic rings. The van der Waals surface area contributed by atoms with Gasteiger partial charge < -0.3 is 5.73 Å². The molecule has 1 atom stereocenters. The summed E-state index contributed by atoms with van der Waals surface area (Å²) in [5.41, 5.74) is 5.91. The van der Waals surface area contributed by atoms with E-state index >= 15 is 0 Å². The Hall–Kier alpha value is 0.330. The summed E-state index contributed by atoms with van der Waals surface area (Å²) in [7, 11) is 0. The van der Waals surface area contributed by atoms with E-state index < -0.39 is 0 Å². The fraction of sp³-hybridized carbons (Fsp3) is 0.875. The highest BCUT2D eigenvalue weighted by molar-refractivity contribution is 8.39. The zero-order chi connectivity index (χ0) is 8.97. The van der Waals surface area contributed by atoms with Crippen LogP contribution in [0.15, 0.2) is 4.99 Å². The van der Waals surface area contributed by atoms with Gasteiger partial charge in [-0.1, -0.05) is 37.4 Å². The first-order chi connectivity index (χ1) is 5.70. The van der Waals surface area contributed by atoms with Gasteiger partial charge in [-0.15, -0.1) is 0 Å². The lowest BCUT2D eigenvalue weighted by molar-refractivity contribution is 0.536. The van der Waals surface area contributed by atoms with Crippen molar-refractivity contribution in [3.8, 4) is 0 Å². The molecule has 0 fully saturated rings. The van der Waals surface area contributed by atoms with E-state index in [1.165, 1.54) is 4.38 Å². The van der Waals surface area contributed by atoms with Gasteiger partial charge in [0, 0.05) is 17.5 Å². The van der Waals surface area contributed by atoms with Crippen LogP contribution >= 0.6 is 23.5 Å². The molecule has 0 saturated heterocycles. The van der Waals surface area contributed by atoms with Crippen molar-refractivity contribution in [2.24, 2.45) is 16.6 Å². The smallest absolute Gasteiger partial charge is 0.124 e. The van der Waals surface area contributed by atoms with E-state index in [1.54, 1.807) is 0 Å². The molecular weight excluding hydrogens is 188 g/mol. The number of nitrogens with zero attached hydrogens (tertiary/aromatic N) is 1. The largest absolute Gasteiger partial charge is 0.327 e. The van der Waals surface area contributed by atoms with Gasteiger partial charge in [0.25, 0.3) is 0 Å². The number of nitrogens with two attached hydrogens (primary N) is 1. The molecule has 0 bridgehead atoms. The average Bonchev–Trinajstić information content (AvgIpc) is 2.51. The molecule has 1 unspecified atom stereocenters. The van der Waals surface area contributed by atoms with Crippen LogP contribution in [0.3, 0.4) is 0 Å². The minimum atomic E-state index is 0.305. The summed E-state index contributed by atoms with van der Waals surface area (Å²) in [6.07, 6.45) is 0. The van der Waals surface area contributed by atoms with Crippen molar-refractivity contribution in [2.75, 3.05) is 18.1 Å². The Labute approximate surface area is 82.8 Å². The van der Waals surface area contributed by atoms with E-state index in [2.05, 4.69) is 18.8 Å². The lowest BCUT2D eigenvalue weighted by Gasteiger charge is -2.14. The molecule has 2 N–H and O–H groups in total. The molecule has 0 aliphatic carbocycles. The van der Waals surface area contributed by atoms with Gasteiger partial charge in [-0.3, -0.25) is 4.99 Å². The average molecular weight is 204 g/mol. The molecule has 12 heavy (non-hydrogen) atoms. The number of hydrogen-bond donors (Lipinski definition) is 1. The predicted molar refractivity (Wildman–Crippen MR) is 60.0 cm³/mol. The Morgan fingerprint density at radius 1 is 1.67 bits per heavy atom. The van der Waals surface area contributed by atoms with Crippen molar-refractivity contribution in [3.63, 3.8) is 0 Å². The third kappa shape index (κ3) is 3.37. The number of aliphatic imine (C=N–C) groups is 1. The van der Waals surface area contributed by atoms with Crippen LogP contribution in [0.4, 0.5) is 0 Å². The first kappa shape index (κ1) is 10.4. The summed E-state index contributed by atoms with van der Waals surface area (Å²) >= 11 is 3.66. The summed E-state index contributed by atoms with van der Waals surface area (Å²) in [4.78, 5) is 4.35. The van der Waals surface area contributed by atoms with Gasteiger partial charge in [-0.25, -0.2) is 0 Å². The Bertz CT molecular complexity index is 168. The topological polar surface area (TPSA) is 38.4 Å². The van der Waals surface area contributed by atoms with Gasteiger partial charge in [-0.2, -0.15) is 0 Å². The first-order valence-electron chi connectivity index (χ1n) is 4.26. The number of rotatable bonds is 3. The minimum absolute atomic E-state index is 0.305. The van der Waals surface area contributed by atoms with Crippen LogP contribution in [0.5, 0.6) is 0 Å². The Morgan fingerprint density at radius 2 is 2.42 bits per heavy atom. The molecule has 0 saturated carbocycles. The van der Waals surface area contributed by atoms with Crippen LogP contribution in [0.1, 0.15) is 13.8 Å². The van der Waals surface area contributed by atoms with Crippen molar-refractivity contribution in [1.29, 1.82) is 0 Å². The molecule has 0 aromatic carbocycles. The third-order valence-corrected chi connectivity index (χ3v) is 4.21. The SMILES string of the molecule is CC(C)C(N)CSC1=NCCS1. The monoisotopic (exact) mass is 204 g/mol. The van der Waals surface area contributed by atoms with Crippen molar-refractivity contribution in [3.05, 3.63) is 0 Å². The van der Waals surface area contributed by atoms with Gasteiger partial charge in [0.1, 0.15) is 4.38 Å². The molecule has 70 valence electrons. The molecule has 1 aliphatic heterocycles. The second kappa shape index (κ2) is 5.14. The molecule has 0 radical (unpaired) electrons. The molecule has 4 heteroatoms. The van der Waals surface area contributed by atoms with Crippen LogP contribution < -0.4 is 5.73 Å². The summed E-state index contributed by atoms with van der Waals surface area (Å²) < 4.78 is 1.23. The van der Waals surface area contributed by atoms with Gasteiger partial charge in [0.2, 0.25) is 0 Å². The van der Waals surface area contributed by atoms with Crippen LogP contribution in [0.25, 0.3) is 0 Å². The second-order valence-corrected chi connectivity index (χ2v) is 5.57. The summed E-state index contributed by atoms with van der Waals surface area (Å²) in [6.45, 7) is 5.31. The quantitative estimate of drug-likeness (QED) is 0.762. The van der Waals surface area contributed by atoms with E-state index in [0.29, 0.717) is 12.0 Å². The highest BCUT2D eigenvalue weighted by atomic mass is 32.2. The highest BCUT2D eigenvalue weighted by Crippen LogP contribution is 2.23. The second-order valence-electron chi connectivity index (χ2n) is 3.21. The standard InChI is InChI=1S/C8H16N2S2/c1-6(2)7(9)5-12-8-10-3-4-11-8/h6-7H,3-5,9H2,1-2H3. The summed E-state index contributed by atoms with van der Waals surface area (Å²) in [5.74, 6) is 2.73. The van der Waals surface area contributed by atoms with Gasteiger partial charge in [0.05, 0.1) is 6.54 Å². The number of thioether (sulfide) groups is 2. The van der Waals surface area contributed by atoms with E-state index in [-0.39, 0.29) is 0 Å². The molecule has 0 spiro atoms.